The molecule has 0 aliphatic carbocycles. The van der Waals surface area contributed by atoms with E-state index >= 15 is 0 Å². The highest BCUT2D eigenvalue weighted by Gasteiger charge is 1.89. The molecule has 0 unspecified atom stereocenters. The van der Waals surface area contributed by atoms with E-state index in [2.05, 4.69) is 15.4 Å². The quantitative estimate of drug-likeness (QED) is 0.396. The van der Waals surface area contributed by atoms with Gasteiger partial charge in [-0.25, -0.2) is 0 Å². The number of tetrazole rings is 1. The smallest absolute Gasteiger partial charge is 0.0741 e. The first-order valence-electron chi connectivity index (χ1n) is 1.61. The molecule has 0 radical (unpaired) electrons. The van der Waals surface area contributed by atoms with Gasteiger partial charge in [0.25, 0.3) is 6.33 Å². The van der Waals surface area contributed by atoms with E-state index in [1.807, 2.05) is 0 Å². The van der Waals surface area contributed by atoms with E-state index in [1.54, 1.807) is 6.19 Å². The monoisotopic (exact) mass is 96.0 g/mol. The van der Waals surface area contributed by atoms with Crippen LogP contribution >= 0.6 is 0 Å². The van der Waals surface area contributed by atoms with Crippen LogP contribution in [0.2, 0.25) is 0 Å². The van der Waals surface area contributed by atoms with Crippen molar-refractivity contribution in [1.82, 2.24) is 15.4 Å². The molecule has 0 spiro atoms. The summed E-state index contributed by atoms with van der Waals surface area (Å²) >= 11 is 0. The van der Waals surface area contributed by atoms with E-state index in [1.165, 1.54) is 6.33 Å². The Labute approximate surface area is 39.2 Å². The van der Waals surface area contributed by atoms with Crippen molar-refractivity contribution in [1.29, 1.82) is 5.26 Å². The summed E-state index contributed by atoms with van der Waals surface area (Å²) in [6, 6.07) is 0. The maximum atomic E-state index is 8.01. The number of H-pyrrole nitrogens is 1. The Morgan fingerprint density at radius 3 is 3.00 bits per heavy atom. The molecule has 0 atom stereocenters. The predicted molar refractivity (Wildman–Crippen MR) is 17.6 cm³/mol. The number of hydrogen-bond donors (Lipinski definition) is 1. The fraction of sp³-hybridized carbons (Fsp3) is 0. The molecule has 0 bridgehead atoms. The van der Waals surface area contributed by atoms with E-state index < -0.39 is 0 Å². The number of rotatable bonds is 0. The normalized spacial score (nSPS) is 7.86. The van der Waals surface area contributed by atoms with Crippen LogP contribution in [0.3, 0.4) is 0 Å². The average Bonchev–Trinajstić information content (AvgIpc) is 2.14. The summed E-state index contributed by atoms with van der Waals surface area (Å²) in [5.41, 5.74) is 0. The van der Waals surface area contributed by atoms with Crippen LogP contribution in [0.4, 0.5) is 0 Å². The molecule has 0 amide bonds. The fourth-order valence-corrected chi connectivity index (χ4v) is 0.232. The summed E-state index contributed by atoms with van der Waals surface area (Å²) in [6.07, 6.45) is 2.95. The maximum absolute atomic E-state index is 8.01. The molecule has 0 saturated heterocycles. The molecule has 1 heterocycles. The second-order valence-electron chi connectivity index (χ2n) is 0.872. The number of hydrogen-bond acceptors (Lipinski definition) is 3. The van der Waals surface area contributed by atoms with Gasteiger partial charge in [0, 0.05) is 10.1 Å². The highest BCUT2D eigenvalue weighted by Crippen LogP contribution is 1.44. The Hall–Kier alpha value is -1.44. The zero-order chi connectivity index (χ0) is 5.11. The Kier molecular flexibility index (Phi) is 0.717. The molecule has 1 aromatic rings. The summed E-state index contributed by atoms with van der Waals surface area (Å²) in [5, 5.41) is 17.1. The van der Waals surface area contributed by atoms with Gasteiger partial charge >= 0.3 is 6.19 Å². The lowest BCUT2D eigenvalue weighted by molar-refractivity contribution is -0.708. The van der Waals surface area contributed by atoms with Crippen molar-refractivity contribution >= 4 is 0 Å². The first kappa shape index (κ1) is 3.74. The Morgan fingerprint density at radius 2 is 2.71 bits per heavy atom. The fourth-order valence-electron chi connectivity index (χ4n) is 0.232. The summed E-state index contributed by atoms with van der Waals surface area (Å²) in [7, 11) is 0. The maximum Gasteiger partial charge on any atom is 0.416 e. The van der Waals surface area contributed by atoms with Crippen molar-refractivity contribution in [3.63, 3.8) is 0 Å². The van der Waals surface area contributed by atoms with E-state index in [0.29, 0.717) is 0 Å². The zero-order valence-electron chi connectivity index (χ0n) is 3.37. The molecular formula is C2H2N5+. The van der Waals surface area contributed by atoms with Gasteiger partial charge in [-0.15, -0.1) is 0 Å². The van der Waals surface area contributed by atoms with Crippen molar-refractivity contribution in [3.8, 4) is 6.19 Å². The third kappa shape index (κ3) is 0.523. The van der Waals surface area contributed by atoms with E-state index in [-0.39, 0.29) is 0 Å². The summed E-state index contributed by atoms with van der Waals surface area (Å²) in [6.45, 7) is 0. The molecule has 0 fully saturated rings. The van der Waals surface area contributed by atoms with Crippen LogP contribution in [0.15, 0.2) is 6.33 Å². The van der Waals surface area contributed by atoms with Crippen molar-refractivity contribution in [2.75, 3.05) is 0 Å². The lowest BCUT2D eigenvalue weighted by Crippen LogP contribution is -2.32. The third-order valence-electron chi connectivity index (χ3n) is 0.472. The Morgan fingerprint density at radius 1 is 1.86 bits per heavy atom. The van der Waals surface area contributed by atoms with Gasteiger partial charge < -0.3 is 0 Å². The average molecular weight is 96.1 g/mol. The number of nitrogens with one attached hydrogen (secondary N) is 1. The van der Waals surface area contributed by atoms with E-state index in [4.69, 9.17) is 5.26 Å². The SMILES string of the molecule is N#C[n+]1ncn[nH]1. The topological polar surface area (TPSA) is 69.2 Å². The van der Waals surface area contributed by atoms with Crippen molar-refractivity contribution in [2.24, 2.45) is 0 Å². The van der Waals surface area contributed by atoms with Crippen LogP contribution in [0.1, 0.15) is 0 Å². The van der Waals surface area contributed by atoms with Gasteiger partial charge in [-0.2, -0.15) is 0 Å². The summed E-state index contributed by atoms with van der Waals surface area (Å²) < 4.78 is 0. The Balaban J connectivity index is 3.04. The van der Waals surface area contributed by atoms with Crippen LogP contribution < -0.4 is 4.80 Å². The van der Waals surface area contributed by atoms with E-state index in [9.17, 15) is 0 Å². The first-order valence-corrected chi connectivity index (χ1v) is 1.61. The second-order valence-corrected chi connectivity index (χ2v) is 0.872. The molecule has 1 rings (SSSR count). The largest absolute Gasteiger partial charge is 0.416 e. The highest BCUT2D eigenvalue weighted by atomic mass is 15.6. The molecule has 34 valence electrons. The molecule has 1 aromatic heterocycles. The number of nitrogens with zero attached hydrogens (tertiary/aromatic N) is 4. The lowest BCUT2D eigenvalue weighted by atomic mass is 11.4. The zero-order valence-corrected chi connectivity index (χ0v) is 3.37. The van der Waals surface area contributed by atoms with Gasteiger partial charge in [-0.05, 0) is 10.2 Å². The molecule has 0 saturated carbocycles. The molecule has 5 heteroatoms. The second kappa shape index (κ2) is 1.34. The third-order valence-corrected chi connectivity index (χ3v) is 0.472. The van der Waals surface area contributed by atoms with Gasteiger partial charge in [-0.3, -0.25) is 0 Å². The van der Waals surface area contributed by atoms with Crippen molar-refractivity contribution in [2.45, 2.75) is 0 Å². The van der Waals surface area contributed by atoms with Crippen LogP contribution in [-0.2, 0) is 0 Å². The van der Waals surface area contributed by atoms with Crippen LogP contribution in [0, 0.1) is 11.5 Å². The minimum atomic E-state index is 0.944. The van der Waals surface area contributed by atoms with Gasteiger partial charge in [0.15, 0.2) is 0 Å². The molecule has 1 N–H and O–H groups in total. The summed E-state index contributed by atoms with van der Waals surface area (Å²) in [4.78, 5) is 0.944. The van der Waals surface area contributed by atoms with Gasteiger partial charge in [0.2, 0.25) is 0 Å². The Bertz CT molecular complexity index is 168. The van der Waals surface area contributed by atoms with Gasteiger partial charge in [0.05, 0.1) is 0 Å². The standard InChI is InChI=1S/C2HN5/c3-1-7-5-2-4-6-7/h2H/p+1. The minimum absolute atomic E-state index is 0.944. The lowest BCUT2D eigenvalue weighted by Gasteiger charge is -1.59. The minimum Gasteiger partial charge on any atom is -0.0741 e. The van der Waals surface area contributed by atoms with Crippen LogP contribution in [0.5, 0.6) is 0 Å². The van der Waals surface area contributed by atoms with Crippen molar-refractivity contribution in [3.05, 3.63) is 6.33 Å². The highest BCUT2D eigenvalue weighted by molar-refractivity contribution is 4.35. The molecule has 0 aliphatic heterocycles. The molecule has 0 aliphatic rings. The molecule has 5 nitrogen and oxygen atoms in total. The van der Waals surface area contributed by atoms with Crippen molar-refractivity contribution < 1.29 is 4.80 Å². The number of aromatic amines is 1. The molecular weight excluding hydrogens is 94.1 g/mol. The molecule has 7 heavy (non-hydrogen) atoms. The van der Waals surface area contributed by atoms with E-state index in [0.717, 1.165) is 4.80 Å². The van der Waals surface area contributed by atoms with Gasteiger partial charge in [-0.1, -0.05) is 5.21 Å². The van der Waals surface area contributed by atoms with Crippen LogP contribution in [-0.4, -0.2) is 15.4 Å². The summed E-state index contributed by atoms with van der Waals surface area (Å²) in [5.74, 6) is 0. The molecule has 0 aromatic carbocycles. The first-order chi connectivity index (χ1) is 3.43. The number of aromatic nitrogens is 4. The van der Waals surface area contributed by atoms with Crippen LogP contribution in [0.25, 0.3) is 0 Å². The predicted octanol–water partition coefficient (Wildman–Crippen LogP) is -1.58. The van der Waals surface area contributed by atoms with Gasteiger partial charge in [0.1, 0.15) is 0 Å². The number of nitriles is 1.